The van der Waals surface area contributed by atoms with E-state index in [1.807, 2.05) is 0 Å². The lowest BCUT2D eigenvalue weighted by atomic mass is 10.1. The SMILES string of the molecule is O=C(CBr)OCc1ccc([N+](=O)[O-])cc1[N+](=O)[O-]. The summed E-state index contributed by atoms with van der Waals surface area (Å²) in [7, 11) is 0. The van der Waals surface area contributed by atoms with Gasteiger partial charge in [0.2, 0.25) is 0 Å². The Kier molecular flexibility index (Phi) is 4.72. The van der Waals surface area contributed by atoms with Gasteiger partial charge in [-0.2, -0.15) is 0 Å². The normalized spacial score (nSPS) is 9.83. The third-order valence-electron chi connectivity index (χ3n) is 1.97. The number of hydrogen-bond donors (Lipinski definition) is 0. The van der Waals surface area contributed by atoms with E-state index in [1.165, 1.54) is 6.07 Å². The molecule has 0 aromatic heterocycles. The predicted octanol–water partition coefficient (Wildman–Crippen LogP) is 1.94. The summed E-state index contributed by atoms with van der Waals surface area (Å²) in [5, 5.41) is 21.2. The number of benzene rings is 1. The van der Waals surface area contributed by atoms with E-state index in [2.05, 4.69) is 15.9 Å². The summed E-state index contributed by atoms with van der Waals surface area (Å²) in [6.45, 7) is -0.307. The number of nitro benzene ring substituents is 2. The number of nitrogens with zero attached hydrogens (tertiary/aromatic N) is 2. The number of non-ortho nitro benzene ring substituents is 1. The van der Waals surface area contributed by atoms with E-state index in [0.717, 1.165) is 12.1 Å². The number of nitro groups is 2. The molecule has 0 saturated heterocycles. The molecular formula is C9H7BrN2O6. The topological polar surface area (TPSA) is 113 Å². The molecule has 0 bridgehead atoms. The van der Waals surface area contributed by atoms with Crippen LogP contribution in [0.3, 0.4) is 0 Å². The average Bonchev–Trinajstić information content (AvgIpc) is 2.35. The third-order valence-corrected chi connectivity index (χ3v) is 2.43. The molecule has 0 spiro atoms. The van der Waals surface area contributed by atoms with Gasteiger partial charge in [0.1, 0.15) is 11.9 Å². The maximum atomic E-state index is 10.9. The van der Waals surface area contributed by atoms with E-state index in [-0.39, 0.29) is 17.5 Å². The van der Waals surface area contributed by atoms with Crippen LogP contribution in [-0.4, -0.2) is 21.1 Å². The van der Waals surface area contributed by atoms with Gasteiger partial charge >= 0.3 is 5.97 Å². The van der Waals surface area contributed by atoms with E-state index in [1.54, 1.807) is 0 Å². The van der Waals surface area contributed by atoms with Gasteiger partial charge in [-0.05, 0) is 6.07 Å². The van der Waals surface area contributed by atoms with Crippen molar-refractivity contribution >= 4 is 33.3 Å². The molecule has 0 aliphatic heterocycles. The summed E-state index contributed by atoms with van der Waals surface area (Å²) in [6.07, 6.45) is 0. The first-order chi connectivity index (χ1) is 8.45. The van der Waals surface area contributed by atoms with Gasteiger partial charge in [-0.15, -0.1) is 0 Å². The predicted molar refractivity (Wildman–Crippen MR) is 63.3 cm³/mol. The van der Waals surface area contributed by atoms with E-state index in [0.29, 0.717) is 0 Å². The summed E-state index contributed by atoms with van der Waals surface area (Å²) in [4.78, 5) is 30.6. The summed E-state index contributed by atoms with van der Waals surface area (Å²) in [5.74, 6) is -0.581. The molecular weight excluding hydrogens is 312 g/mol. The van der Waals surface area contributed by atoms with E-state index >= 15 is 0 Å². The Morgan fingerprint density at radius 1 is 1.28 bits per heavy atom. The van der Waals surface area contributed by atoms with Gasteiger partial charge in [0.25, 0.3) is 11.4 Å². The first kappa shape index (κ1) is 14.0. The maximum Gasteiger partial charge on any atom is 0.316 e. The zero-order chi connectivity index (χ0) is 13.7. The van der Waals surface area contributed by atoms with Crippen molar-refractivity contribution < 1.29 is 19.4 Å². The standard InChI is InChI=1S/C9H7BrN2O6/c10-4-9(13)18-5-6-1-2-7(11(14)15)3-8(6)12(16)17/h1-3H,4-5H2. The number of rotatable bonds is 5. The van der Waals surface area contributed by atoms with Crippen LogP contribution in [0.1, 0.15) is 5.56 Å². The number of carbonyl (C=O) groups excluding carboxylic acids is 1. The Morgan fingerprint density at radius 2 is 1.94 bits per heavy atom. The number of hydrogen-bond acceptors (Lipinski definition) is 6. The lowest BCUT2D eigenvalue weighted by Crippen LogP contribution is -2.07. The van der Waals surface area contributed by atoms with E-state index in [9.17, 15) is 25.0 Å². The molecule has 0 atom stereocenters. The quantitative estimate of drug-likeness (QED) is 0.355. The molecule has 96 valence electrons. The number of carbonyl (C=O) groups is 1. The van der Waals surface area contributed by atoms with Crippen molar-refractivity contribution in [3.05, 3.63) is 44.0 Å². The van der Waals surface area contributed by atoms with Crippen LogP contribution in [0.25, 0.3) is 0 Å². The fourth-order valence-electron chi connectivity index (χ4n) is 1.15. The Labute approximate surface area is 109 Å². The minimum atomic E-state index is -0.760. The molecule has 0 aliphatic rings. The smallest absolute Gasteiger partial charge is 0.316 e. The molecule has 0 unspecified atom stereocenters. The molecule has 0 fully saturated rings. The minimum absolute atomic E-state index is 0.0339. The van der Waals surface area contributed by atoms with Crippen LogP contribution in [0, 0.1) is 20.2 Å². The van der Waals surface area contributed by atoms with Crippen molar-refractivity contribution in [1.29, 1.82) is 0 Å². The average molecular weight is 319 g/mol. The zero-order valence-electron chi connectivity index (χ0n) is 8.87. The second kappa shape index (κ2) is 6.05. The highest BCUT2D eigenvalue weighted by Crippen LogP contribution is 2.25. The number of halogens is 1. The second-order valence-electron chi connectivity index (χ2n) is 3.12. The van der Waals surface area contributed by atoms with Gasteiger partial charge in [0.05, 0.1) is 21.5 Å². The molecule has 0 saturated carbocycles. The number of ether oxygens (including phenoxy) is 1. The Morgan fingerprint density at radius 3 is 2.44 bits per heavy atom. The largest absolute Gasteiger partial charge is 0.460 e. The molecule has 1 aromatic carbocycles. The van der Waals surface area contributed by atoms with Crippen LogP contribution in [0.15, 0.2) is 18.2 Å². The highest BCUT2D eigenvalue weighted by Gasteiger charge is 2.20. The Hall–Kier alpha value is -2.03. The van der Waals surface area contributed by atoms with Crippen LogP contribution in [-0.2, 0) is 16.1 Å². The Balaban J connectivity index is 3.00. The lowest BCUT2D eigenvalue weighted by molar-refractivity contribution is -0.394. The number of alkyl halides is 1. The molecule has 8 nitrogen and oxygen atoms in total. The second-order valence-corrected chi connectivity index (χ2v) is 3.68. The molecule has 0 aliphatic carbocycles. The molecule has 18 heavy (non-hydrogen) atoms. The lowest BCUT2D eigenvalue weighted by Gasteiger charge is -2.03. The van der Waals surface area contributed by atoms with Gasteiger partial charge in [-0.25, -0.2) is 0 Å². The van der Waals surface area contributed by atoms with Crippen LogP contribution in [0.4, 0.5) is 11.4 Å². The van der Waals surface area contributed by atoms with E-state index < -0.39 is 27.2 Å². The monoisotopic (exact) mass is 318 g/mol. The zero-order valence-corrected chi connectivity index (χ0v) is 10.5. The molecule has 1 rings (SSSR count). The maximum absolute atomic E-state index is 10.9. The van der Waals surface area contributed by atoms with Gasteiger partial charge in [0.15, 0.2) is 0 Å². The van der Waals surface area contributed by atoms with Crippen LogP contribution >= 0.6 is 15.9 Å². The molecule has 1 aromatic rings. The summed E-state index contributed by atoms with van der Waals surface area (Å²) in [5.41, 5.74) is -0.747. The first-order valence-electron chi connectivity index (χ1n) is 4.59. The van der Waals surface area contributed by atoms with Gasteiger partial charge in [-0.1, -0.05) is 15.9 Å². The summed E-state index contributed by atoms with van der Waals surface area (Å²) < 4.78 is 4.71. The minimum Gasteiger partial charge on any atom is -0.460 e. The van der Waals surface area contributed by atoms with Crippen LogP contribution < -0.4 is 0 Å². The Bertz CT molecular complexity index is 504. The third kappa shape index (κ3) is 3.48. The molecule has 0 heterocycles. The molecule has 0 N–H and O–H groups in total. The summed E-state index contributed by atoms with van der Waals surface area (Å²) in [6, 6.07) is 3.14. The van der Waals surface area contributed by atoms with Crippen LogP contribution in [0.2, 0.25) is 0 Å². The molecule has 9 heteroatoms. The fourth-order valence-corrected chi connectivity index (χ4v) is 1.32. The van der Waals surface area contributed by atoms with Crippen molar-refractivity contribution in [2.24, 2.45) is 0 Å². The van der Waals surface area contributed by atoms with Crippen molar-refractivity contribution in [1.82, 2.24) is 0 Å². The van der Waals surface area contributed by atoms with Gasteiger partial charge < -0.3 is 4.74 Å². The van der Waals surface area contributed by atoms with Gasteiger partial charge in [-0.3, -0.25) is 25.0 Å². The van der Waals surface area contributed by atoms with Crippen molar-refractivity contribution in [2.45, 2.75) is 6.61 Å². The first-order valence-corrected chi connectivity index (χ1v) is 5.71. The summed E-state index contributed by atoms with van der Waals surface area (Å²) >= 11 is 2.87. The van der Waals surface area contributed by atoms with Crippen molar-refractivity contribution in [3.8, 4) is 0 Å². The molecule has 0 radical (unpaired) electrons. The van der Waals surface area contributed by atoms with Gasteiger partial charge in [0, 0.05) is 6.07 Å². The van der Waals surface area contributed by atoms with E-state index in [4.69, 9.17) is 4.74 Å². The van der Waals surface area contributed by atoms with Crippen molar-refractivity contribution in [3.63, 3.8) is 0 Å². The van der Waals surface area contributed by atoms with Crippen LogP contribution in [0.5, 0.6) is 0 Å². The fraction of sp³-hybridized carbons (Fsp3) is 0.222. The highest BCUT2D eigenvalue weighted by atomic mass is 79.9. The number of esters is 1. The van der Waals surface area contributed by atoms with Crippen molar-refractivity contribution in [2.75, 3.05) is 5.33 Å². The molecule has 0 amide bonds. The highest BCUT2D eigenvalue weighted by molar-refractivity contribution is 9.09.